The van der Waals surface area contributed by atoms with Crippen molar-refractivity contribution in [2.24, 2.45) is 11.3 Å². The minimum absolute atomic E-state index is 0.0424. The number of anilines is 1. The number of likely N-dealkylation sites (tertiary alicyclic amines) is 1. The number of rotatable bonds is 13. The normalized spacial score (nSPS) is 18.1. The fraction of sp³-hybridized carbons (Fsp3) is 0.667. The highest BCUT2D eigenvalue weighted by molar-refractivity contribution is 5.97. The summed E-state index contributed by atoms with van der Waals surface area (Å²) in [7, 11) is 3.75. The molecule has 0 radical (unpaired) electrons. The van der Waals surface area contributed by atoms with Gasteiger partial charge in [0.1, 0.15) is 17.9 Å². The largest absolute Gasteiger partial charge is 0.434 e. The number of halogens is 1. The van der Waals surface area contributed by atoms with Crippen molar-refractivity contribution in [1.29, 1.82) is 0 Å². The summed E-state index contributed by atoms with van der Waals surface area (Å²) in [6.45, 7) is 15.4. The standard InChI is InChI=1S/C30H46FN7O3/c1-8-38(21(4)5)29(39)24-13-22(31)9-10-26(24)41-28-27(33-19-34-35-28)36-12-11-30(16-36)17-37(18-30)25(20(2)3)14-23(40-7)15-32-6/h9-10,13,19-21,23,25,32H,8,11-12,14-18H2,1-7H3/t23-,25?/m0/s1. The summed E-state index contributed by atoms with van der Waals surface area (Å²) >= 11 is 0. The van der Waals surface area contributed by atoms with Crippen LogP contribution in [-0.4, -0.2) is 103 Å². The van der Waals surface area contributed by atoms with Gasteiger partial charge >= 0.3 is 0 Å². The number of carbonyl (C=O) groups is 1. The summed E-state index contributed by atoms with van der Waals surface area (Å²) in [5, 5.41) is 11.4. The zero-order valence-corrected chi connectivity index (χ0v) is 25.6. The van der Waals surface area contributed by atoms with E-state index >= 15 is 0 Å². The predicted molar refractivity (Wildman–Crippen MR) is 157 cm³/mol. The molecule has 2 aliphatic rings. The third kappa shape index (κ3) is 6.95. The molecule has 41 heavy (non-hydrogen) atoms. The first kappa shape index (κ1) is 31.1. The van der Waals surface area contributed by atoms with E-state index in [2.05, 4.69) is 44.1 Å². The highest BCUT2D eigenvalue weighted by Gasteiger charge is 2.50. The smallest absolute Gasteiger partial charge is 0.282 e. The number of methoxy groups -OCH3 is 1. The van der Waals surface area contributed by atoms with E-state index in [1.54, 1.807) is 12.0 Å². The average Bonchev–Trinajstić information content (AvgIpc) is 3.37. The Balaban J connectivity index is 1.48. The van der Waals surface area contributed by atoms with Gasteiger partial charge in [-0.1, -0.05) is 13.8 Å². The monoisotopic (exact) mass is 571 g/mol. The molecule has 11 heteroatoms. The number of benzene rings is 1. The number of nitrogens with zero attached hydrogens (tertiary/aromatic N) is 6. The second-order valence-corrected chi connectivity index (χ2v) is 12.1. The lowest BCUT2D eigenvalue weighted by Crippen LogP contribution is -2.62. The molecule has 1 amide bonds. The van der Waals surface area contributed by atoms with Crippen LogP contribution in [0.4, 0.5) is 10.2 Å². The van der Waals surface area contributed by atoms with Gasteiger partial charge in [-0.15, -0.1) is 10.2 Å². The predicted octanol–water partition coefficient (Wildman–Crippen LogP) is 3.83. The molecule has 1 unspecified atom stereocenters. The molecule has 0 saturated carbocycles. The van der Waals surface area contributed by atoms with Crippen LogP contribution in [0.15, 0.2) is 24.5 Å². The van der Waals surface area contributed by atoms with Gasteiger partial charge in [-0.2, -0.15) is 0 Å². The van der Waals surface area contributed by atoms with Gasteiger partial charge in [-0.3, -0.25) is 9.69 Å². The van der Waals surface area contributed by atoms with Crippen molar-refractivity contribution in [3.05, 3.63) is 35.9 Å². The number of hydrogen-bond donors (Lipinski definition) is 1. The lowest BCUT2D eigenvalue weighted by atomic mass is 9.76. The number of amides is 1. The molecule has 4 rings (SSSR count). The minimum atomic E-state index is -0.503. The maximum atomic E-state index is 14.2. The van der Waals surface area contributed by atoms with E-state index in [1.807, 2.05) is 27.8 Å². The molecule has 1 spiro atoms. The quantitative estimate of drug-likeness (QED) is 0.385. The fourth-order valence-electron chi connectivity index (χ4n) is 6.33. The third-order valence-electron chi connectivity index (χ3n) is 8.50. The Morgan fingerprint density at radius 1 is 1.22 bits per heavy atom. The van der Waals surface area contributed by atoms with Crippen LogP contribution < -0.4 is 15.0 Å². The Morgan fingerprint density at radius 2 is 1.98 bits per heavy atom. The second kappa shape index (κ2) is 13.4. The SMILES string of the molecule is CCN(C(=O)c1cc(F)ccc1Oc1nncnc1N1CCC2(C1)CN(C(C[C@@H](CNC)OC)C(C)C)C2)C(C)C. The Morgan fingerprint density at radius 3 is 2.61 bits per heavy atom. The van der Waals surface area contributed by atoms with Crippen molar-refractivity contribution in [2.45, 2.75) is 65.6 Å². The maximum Gasteiger partial charge on any atom is 0.282 e. The first-order valence-corrected chi connectivity index (χ1v) is 14.7. The first-order chi connectivity index (χ1) is 19.6. The summed E-state index contributed by atoms with van der Waals surface area (Å²) < 4.78 is 26.1. The maximum absolute atomic E-state index is 14.2. The van der Waals surface area contributed by atoms with Crippen molar-refractivity contribution >= 4 is 11.7 Å². The summed E-state index contributed by atoms with van der Waals surface area (Å²) in [4.78, 5) is 24.3. The van der Waals surface area contributed by atoms with Crippen LogP contribution in [0.5, 0.6) is 11.6 Å². The van der Waals surface area contributed by atoms with Crippen LogP contribution >= 0.6 is 0 Å². The van der Waals surface area contributed by atoms with Crippen LogP contribution in [0.2, 0.25) is 0 Å². The van der Waals surface area contributed by atoms with Gasteiger partial charge in [0.05, 0.1) is 11.7 Å². The van der Waals surface area contributed by atoms with Crippen molar-refractivity contribution in [2.75, 3.05) is 58.3 Å². The number of hydrogen-bond acceptors (Lipinski definition) is 9. The van der Waals surface area contributed by atoms with E-state index in [0.717, 1.165) is 45.6 Å². The first-order valence-electron chi connectivity index (χ1n) is 14.7. The molecule has 1 aromatic carbocycles. The summed E-state index contributed by atoms with van der Waals surface area (Å²) in [6, 6.07) is 4.38. The Kier molecular flexibility index (Phi) is 10.1. The van der Waals surface area contributed by atoms with Crippen LogP contribution in [0.3, 0.4) is 0 Å². The average molecular weight is 572 g/mol. The molecule has 2 aromatic rings. The molecule has 226 valence electrons. The van der Waals surface area contributed by atoms with Crippen LogP contribution in [0, 0.1) is 17.2 Å². The van der Waals surface area contributed by atoms with Crippen molar-refractivity contribution < 1.29 is 18.7 Å². The van der Waals surface area contributed by atoms with Crippen molar-refractivity contribution in [1.82, 2.24) is 30.3 Å². The van der Waals surface area contributed by atoms with Crippen LogP contribution in [-0.2, 0) is 4.74 Å². The van der Waals surface area contributed by atoms with E-state index in [9.17, 15) is 9.18 Å². The molecule has 1 N–H and O–H groups in total. The zero-order chi connectivity index (χ0) is 29.7. The minimum Gasteiger partial charge on any atom is -0.434 e. The third-order valence-corrected chi connectivity index (χ3v) is 8.50. The van der Waals surface area contributed by atoms with Gasteiger partial charge in [0, 0.05) is 63.9 Å². The Labute approximate surface area is 243 Å². The molecule has 0 bridgehead atoms. The van der Waals surface area contributed by atoms with Gasteiger partial charge in [0.15, 0.2) is 5.82 Å². The number of likely N-dealkylation sites (N-methyl/N-ethyl adjacent to an activating group) is 1. The van der Waals surface area contributed by atoms with Gasteiger partial charge in [0.25, 0.3) is 11.8 Å². The van der Waals surface area contributed by atoms with E-state index in [4.69, 9.17) is 9.47 Å². The Hall–Kier alpha value is -2.89. The molecular formula is C30H46FN7O3. The molecule has 2 saturated heterocycles. The lowest BCUT2D eigenvalue weighted by molar-refractivity contribution is -0.0500. The highest BCUT2D eigenvalue weighted by Crippen LogP contribution is 2.44. The van der Waals surface area contributed by atoms with Crippen molar-refractivity contribution in [3.8, 4) is 11.6 Å². The van der Waals surface area contributed by atoms with E-state index < -0.39 is 5.82 Å². The summed E-state index contributed by atoms with van der Waals surface area (Å²) in [6.07, 6.45) is 3.63. The molecular weight excluding hydrogens is 525 g/mol. The van der Waals surface area contributed by atoms with Crippen LogP contribution in [0.1, 0.15) is 57.8 Å². The Bertz CT molecular complexity index is 1170. The highest BCUT2D eigenvalue weighted by atomic mass is 19.1. The molecule has 0 aliphatic carbocycles. The molecule has 2 fully saturated rings. The molecule has 2 atom stereocenters. The van der Waals surface area contributed by atoms with Crippen molar-refractivity contribution in [3.63, 3.8) is 0 Å². The van der Waals surface area contributed by atoms with Crippen LogP contribution in [0.25, 0.3) is 0 Å². The molecule has 3 heterocycles. The van der Waals surface area contributed by atoms with E-state index in [-0.39, 0.29) is 40.7 Å². The summed E-state index contributed by atoms with van der Waals surface area (Å²) in [5.74, 6) is 0.757. The number of aromatic nitrogens is 3. The van der Waals surface area contributed by atoms with Gasteiger partial charge in [-0.25, -0.2) is 9.37 Å². The van der Waals surface area contributed by atoms with Gasteiger partial charge in [-0.05, 0) is 64.8 Å². The topological polar surface area (TPSA) is 96.0 Å². The van der Waals surface area contributed by atoms with Gasteiger partial charge < -0.3 is 24.6 Å². The zero-order valence-electron chi connectivity index (χ0n) is 25.6. The molecule has 2 aliphatic heterocycles. The van der Waals surface area contributed by atoms with E-state index in [1.165, 1.54) is 24.5 Å². The molecule has 10 nitrogen and oxygen atoms in total. The molecule has 1 aromatic heterocycles. The lowest BCUT2D eigenvalue weighted by Gasteiger charge is -2.53. The number of nitrogens with one attached hydrogen (secondary N) is 1. The summed E-state index contributed by atoms with van der Waals surface area (Å²) in [5.41, 5.74) is 0.327. The number of ether oxygens (including phenoxy) is 2. The fourth-order valence-corrected chi connectivity index (χ4v) is 6.33. The van der Waals surface area contributed by atoms with E-state index in [0.29, 0.717) is 24.3 Å². The second-order valence-electron chi connectivity index (χ2n) is 12.1. The van der Waals surface area contributed by atoms with Gasteiger partial charge in [0.2, 0.25) is 0 Å². The number of carbonyl (C=O) groups excluding carboxylic acids is 1.